The fourth-order valence-corrected chi connectivity index (χ4v) is 2.67. The Bertz CT molecular complexity index is 703. The average molecular weight is 345 g/mol. The predicted molar refractivity (Wildman–Crippen MR) is 93.9 cm³/mol. The number of carbonyl (C=O) groups is 2. The maximum Gasteiger partial charge on any atom is 0.340 e. The lowest BCUT2D eigenvalue weighted by Gasteiger charge is -2.16. The van der Waals surface area contributed by atoms with E-state index in [4.69, 9.17) is 14.2 Å². The third-order valence-corrected chi connectivity index (χ3v) is 3.92. The second-order valence-electron chi connectivity index (χ2n) is 5.46. The van der Waals surface area contributed by atoms with Gasteiger partial charge < -0.3 is 19.1 Å². The summed E-state index contributed by atoms with van der Waals surface area (Å²) in [5, 5.41) is 0. The molecular weight excluding hydrogens is 322 g/mol. The number of hydrogen-bond donors (Lipinski definition) is 0. The van der Waals surface area contributed by atoms with E-state index in [2.05, 4.69) is 0 Å². The van der Waals surface area contributed by atoms with Gasteiger partial charge in [-0.2, -0.15) is 0 Å². The van der Waals surface area contributed by atoms with Crippen LogP contribution in [0.1, 0.15) is 19.4 Å². The van der Waals surface area contributed by atoms with Crippen molar-refractivity contribution in [2.24, 2.45) is 0 Å². The molecule has 0 N–H and O–H groups in total. The molecule has 0 radical (unpaired) electrons. The lowest BCUT2D eigenvalue weighted by Crippen LogP contribution is -2.28. The van der Waals surface area contributed by atoms with Gasteiger partial charge in [0, 0.05) is 19.4 Å². The van der Waals surface area contributed by atoms with E-state index >= 15 is 0 Å². The number of carbonyl (C=O) groups excluding carboxylic acids is 2. The molecule has 0 spiro atoms. The molecule has 1 aliphatic rings. The first-order chi connectivity index (χ1) is 12.0. The van der Waals surface area contributed by atoms with Crippen molar-refractivity contribution in [3.8, 4) is 5.75 Å². The molecule has 0 saturated heterocycles. The smallest absolute Gasteiger partial charge is 0.340 e. The molecule has 0 bridgehead atoms. The second-order valence-corrected chi connectivity index (χ2v) is 5.46. The standard InChI is InChI=1S/C19H23NO5/c1-5-25-15-8-6-14(7-9-15)12-16-17(19(22)24-4)13(2)20(18(16)21)10-11-23-3/h6-9,12H,5,10-11H2,1-4H3/b16-12-. The molecule has 0 unspecified atom stereocenters. The number of methoxy groups -OCH3 is 2. The van der Waals surface area contributed by atoms with Gasteiger partial charge in [0.25, 0.3) is 5.91 Å². The zero-order valence-electron chi connectivity index (χ0n) is 15.0. The van der Waals surface area contributed by atoms with Crippen molar-refractivity contribution < 1.29 is 23.8 Å². The summed E-state index contributed by atoms with van der Waals surface area (Å²) in [7, 11) is 2.87. The molecule has 134 valence electrons. The van der Waals surface area contributed by atoms with Gasteiger partial charge in [-0.25, -0.2) is 4.79 Å². The van der Waals surface area contributed by atoms with Crippen molar-refractivity contribution in [2.45, 2.75) is 13.8 Å². The van der Waals surface area contributed by atoms with E-state index in [0.717, 1.165) is 11.3 Å². The topological polar surface area (TPSA) is 65.1 Å². The lowest BCUT2D eigenvalue weighted by atomic mass is 10.0. The molecule has 1 amide bonds. The number of ether oxygens (including phenoxy) is 3. The highest BCUT2D eigenvalue weighted by Crippen LogP contribution is 2.31. The second kappa shape index (κ2) is 8.48. The van der Waals surface area contributed by atoms with Crippen LogP contribution in [0, 0.1) is 0 Å². The Morgan fingerprint density at radius 2 is 1.88 bits per heavy atom. The number of hydrogen-bond acceptors (Lipinski definition) is 5. The summed E-state index contributed by atoms with van der Waals surface area (Å²) >= 11 is 0. The van der Waals surface area contributed by atoms with E-state index in [1.807, 2.05) is 31.2 Å². The Kier molecular flexibility index (Phi) is 6.36. The van der Waals surface area contributed by atoms with E-state index in [0.29, 0.717) is 31.0 Å². The van der Waals surface area contributed by atoms with E-state index in [9.17, 15) is 9.59 Å². The third-order valence-electron chi connectivity index (χ3n) is 3.92. The van der Waals surface area contributed by atoms with Crippen LogP contribution in [0.4, 0.5) is 0 Å². The molecule has 0 aliphatic carbocycles. The monoisotopic (exact) mass is 345 g/mol. The molecule has 0 aromatic heterocycles. The van der Waals surface area contributed by atoms with Gasteiger partial charge in [0.2, 0.25) is 0 Å². The van der Waals surface area contributed by atoms with Crippen LogP contribution < -0.4 is 4.74 Å². The Hall–Kier alpha value is -2.60. The first-order valence-electron chi connectivity index (χ1n) is 8.08. The quantitative estimate of drug-likeness (QED) is 0.561. The van der Waals surface area contributed by atoms with Crippen molar-refractivity contribution in [1.29, 1.82) is 0 Å². The fourth-order valence-electron chi connectivity index (χ4n) is 2.67. The van der Waals surface area contributed by atoms with Crippen LogP contribution in [0.15, 0.2) is 41.1 Å². The summed E-state index contributed by atoms with van der Waals surface area (Å²) in [5.74, 6) is -0.00387. The summed E-state index contributed by atoms with van der Waals surface area (Å²) < 4.78 is 15.3. The number of esters is 1. The summed E-state index contributed by atoms with van der Waals surface area (Å²) in [6.45, 7) is 4.99. The lowest BCUT2D eigenvalue weighted by molar-refractivity contribution is -0.136. The Labute approximate surface area is 147 Å². The fraction of sp³-hybridized carbons (Fsp3) is 0.368. The Morgan fingerprint density at radius 3 is 2.44 bits per heavy atom. The zero-order valence-corrected chi connectivity index (χ0v) is 15.0. The van der Waals surface area contributed by atoms with Crippen LogP contribution in [-0.4, -0.2) is 50.8 Å². The van der Waals surface area contributed by atoms with E-state index in [1.54, 1.807) is 20.1 Å². The molecule has 6 nitrogen and oxygen atoms in total. The van der Waals surface area contributed by atoms with Crippen LogP contribution in [0.3, 0.4) is 0 Å². The molecule has 1 aliphatic heterocycles. The van der Waals surface area contributed by atoms with Gasteiger partial charge in [0.15, 0.2) is 0 Å². The molecule has 2 rings (SSSR count). The molecule has 0 fully saturated rings. The number of allylic oxidation sites excluding steroid dienone is 1. The minimum atomic E-state index is -0.525. The van der Waals surface area contributed by atoms with Crippen LogP contribution in [0.5, 0.6) is 5.75 Å². The molecule has 1 aromatic carbocycles. The largest absolute Gasteiger partial charge is 0.494 e. The molecule has 6 heteroatoms. The Morgan fingerprint density at radius 1 is 1.20 bits per heavy atom. The predicted octanol–water partition coefficient (Wildman–Crippen LogP) is 2.40. The first-order valence-corrected chi connectivity index (χ1v) is 8.08. The average Bonchev–Trinajstić information content (AvgIpc) is 2.84. The summed E-state index contributed by atoms with van der Waals surface area (Å²) in [5.41, 5.74) is 1.99. The number of benzene rings is 1. The van der Waals surface area contributed by atoms with Crippen molar-refractivity contribution in [2.75, 3.05) is 34.0 Å². The minimum absolute atomic E-state index is 0.233. The van der Waals surface area contributed by atoms with Crippen LogP contribution in [0.25, 0.3) is 6.08 Å². The zero-order chi connectivity index (χ0) is 18.4. The van der Waals surface area contributed by atoms with Gasteiger partial charge in [-0.1, -0.05) is 12.1 Å². The SMILES string of the molecule is CCOc1ccc(/C=C2\C(=O)N(CCOC)C(C)=C2C(=O)OC)cc1. The van der Waals surface area contributed by atoms with Crippen molar-refractivity contribution in [3.05, 3.63) is 46.7 Å². The van der Waals surface area contributed by atoms with Gasteiger partial charge in [-0.05, 0) is 37.6 Å². The normalized spacial score (nSPS) is 15.9. The van der Waals surface area contributed by atoms with E-state index in [1.165, 1.54) is 12.0 Å². The highest BCUT2D eigenvalue weighted by atomic mass is 16.5. The molecule has 1 aromatic rings. The number of amides is 1. The summed E-state index contributed by atoms with van der Waals surface area (Å²) in [6.07, 6.45) is 1.70. The van der Waals surface area contributed by atoms with Gasteiger partial charge in [0.1, 0.15) is 5.75 Å². The van der Waals surface area contributed by atoms with Crippen molar-refractivity contribution >= 4 is 18.0 Å². The summed E-state index contributed by atoms with van der Waals surface area (Å²) in [6, 6.07) is 7.33. The minimum Gasteiger partial charge on any atom is -0.494 e. The highest BCUT2D eigenvalue weighted by Gasteiger charge is 2.36. The van der Waals surface area contributed by atoms with Crippen LogP contribution in [0.2, 0.25) is 0 Å². The van der Waals surface area contributed by atoms with Gasteiger partial charge in [-0.3, -0.25) is 4.79 Å². The molecule has 0 saturated carbocycles. The molecule has 0 atom stereocenters. The van der Waals surface area contributed by atoms with Crippen molar-refractivity contribution in [1.82, 2.24) is 4.90 Å². The maximum atomic E-state index is 12.8. The molecule has 1 heterocycles. The summed E-state index contributed by atoms with van der Waals surface area (Å²) in [4.78, 5) is 26.5. The van der Waals surface area contributed by atoms with Crippen LogP contribution >= 0.6 is 0 Å². The van der Waals surface area contributed by atoms with Gasteiger partial charge in [-0.15, -0.1) is 0 Å². The number of nitrogens with zero attached hydrogens (tertiary/aromatic N) is 1. The van der Waals surface area contributed by atoms with E-state index in [-0.39, 0.29) is 11.5 Å². The Balaban J connectivity index is 2.39. The molecule has 25 heavy (non-hydrogen) atoms. The maximum absolute atomic E-state index is 12.8. The first kappa shape index (κ1) is 18.7. The van der Waals surface area contributed by atoms with E-state index < -0.39 is 5.97 Å². The highest BCUT2D eigenvalue weighted by molar-refractivity contribution is 6.16. The third kappa shape index (κ3) is 4.09. The van der Waals surface area contributed by atoms with Gasteiger partial charge >= 0.3 is 5.97 Å². The van der Waals surface area contributed by atoms with Crippen molar-refractivity contribution in [3.63, 3.8) is 0 Å². The van der Waals surface area contributed by atoms with Crippen LogP contribution in [-0.2, 0) is 19.1 Å². The number of rotatable bonds is 7. The van der Waals surface area contributed by atoms with Gasteiger partial charge in [0.05, 0.1) is 31.5 Å². The molecular formula is C19H23NO5.